The van der Waals surface area contributed by atoms with Gasteiger partial charge in [0.1, 0.15) is 5.60 Å². The summed E-state index contributed by atoms with van der Waals surface area (Å²) in [5.41, 5.74) is 2.79. The van der Waals surface area contributed by atoms with Gasteiger partial charge in [-0.25, -0.2) is 0 Å². The van der Waals surface area contributed by atoms with Crippen molar-refractivity contribution in [2.24, 2.45) is 5.92 Å². The number of hydrogen-bond acceptors (Lipinski definition) is 7. The fourth-order valence-corrected chi connectivity index (χ4v) is 4.03. The van der Waals surface area contributed by atoms with E-state index in [2.05, 4.69) is 30.9 Å². The van der Waals surface area contributed by atoms with Crippen molar-refractivity contribution in [3.63, 3.8) is 0 Å². The molecule has 162 valence electrons. The first-order chi connectivity index (χ1) is 15.0. The van der Waals surface area contributed by atoms with Crippen LogP contribution in [0.1, 0.15) is 42.6 Å². The summed E-state index contributed by atoms with van der Waals surface area (Å²) in [6, 6.07) is 11.7. The highest BCUT2D eigenvalue weighted by Crippen LogP contribution is 2.31. The lowest BCUT2D eigenvalue weighted by atomic mass is 9.83. The average Bonchev–Trinajstić information content (AvgIpc) is 3.29. The Morgan fingerprint density at radius 2 is 1.97 bits per heavy atom. The summed E-state index contributed by atoms with van der Waals surface area (Å²) in [7, 11) is 0. The van der Waals surface area contributed by atoms with Crippen LogP contribution in [-0.2, 0) is 16.8 Å². The van der Waals surface area contributed by atoms with Gasteiger partial charge < -0.3 is 15.5 Å². The number of benzene rings is 1. The quantitative estimate of drug-likeness (QED) is 0.410. The van der Waals surface area contributed by atoms with Gasteiger partial charge in [-0.3, -0.25) is 9.78 Å². The Labute approximate surface area is 179 Å². The van der Waals surface area contributed by atoms with Gasteiger partial charge in [-0.15, -0.1) is 10.2 Å². The van der Waals surface area contributed by atoms with Gasteiger partial charge in [0.15, 0.2) is 5.82 Å². The van der Waals surface area contributed by atoms with Crippen LogP contribution in [0.15, 0.2) is 42.6 Å². The number of carboxylic acids is 1. The first-order valence-corrected chi connectivity index (χ1v) is 10.5. The molecule has 1 fully saturated rings. The van der Waals surface area contributed by atoms with Gasteiger partial charge in [0.2, 0.25) is 0 Å². The number of aromatic amines is 1. The summed E-state index contributed by atoms with van der Waals surface area (Å²) in [4.78, 5) is 16.4. The van der Waals surface area contributed by atoms with Gasteiger partial charge in [0.25, 0.3) is 0 Å². The normalized spacial score (nSPS) is 17.0. The van der Waals surface area contributed by atoms with Crippen molar-refractivity contribution in [1.82, 2.24) is 30.9 Å². The molecule has 0 aliphatic carbocycles. The van der Waals surface area contributed by atoms with Crippen molar-refractivity contribution < 1.29 is 15.0 Å². The molecule has 0 amide bonds. The van der Waals surface area contributed by atoms with E-state index < -0.39 is 17.5 Å². The van der Waals surface area contributed by atoms with E-state index in [1.165, 1.54) is 0 Å². The molecule has 2 aromatic heterocycles. The van der Waals surface area contributed by atoms with E-state index >= 15 is 0 Å². The van der Waals surface area contributed by atoms with Crippen molar-refractivity contribution >= 4 is 5.97 Å². The topological polar surface area (TPSA) is 137 Å². The van der Waals surface area contributed by atoms with E-state index in [9.17, 15) is 15.0 Å². The third-order valence-electron chi connectivity index (χ3n) is 5.93. The maximum Gasteiger partial charge on any atom is 0.307 e. The van der Waals surface area contributed by atoms with Crippen molar-refractivity contribution in [3.05, 3.63) is 59.5 Å². The van der Waals surface area contributed by atoms with E-state index in [0.29, 0.717) is 31.8 Å². The number of aliphatic hydroxyl groups is 1. The Morgan fingerprint density at radius 1 is 1.19 bits per heavy atom. The number of nitrogens with one attached hydrogen (secondary N) is 2. The number of pyridine rings is 1. The van der Waals surface area contributed by atoms with Crippen LogP contribution >= 0.6 is 0 Å². The number of aliphatic carboxylic acids is 1. The maximum atomic E-state index is 11.9. The van der Waals surface area contributed by atoms with Gasteiger partial charge >= 0.3 is 5.97 Å². The lowest BCUT2D eigenvalue weighted by Gasteiger charge is -2.38. The monoisotopic (exact) mass is 422 g/mol. The van der Waals surface area contributed by atoms with Crippen LogP contribution in [0.2, 0.25) is 0 Å². The first kappa shape index (κ1) is 21.1. The fourth-order valence-electron chi connectivity index (χ4n) is 4.03. The van der Waals surface area contributed by atoms with Gasteiger partial charge in [-0.2, -0.15) is 5.21 Å². The van der Waals surface area contributed by atoms with Crippen LogP contribution in [0.25, 0.3) is 11.3 Å². The Morgan fingerprint density at radius 3 is 2.48 bits per heavy atom. The highest BCUT2D eigenvalue weighted by atomic mass is 16.4. The predicted octanol–water partition coefficient (Wildman–Crippen LogP) is 1.88. The van der Waals surface area contributed by atoms with E-state index in [1.807, 2.05) is 43.3 Å². The van der Waals surface area contributed by atoms with E-state index in [4.69, 9.17) is 0 Å². The number of rotatable bonds is 9. The number of β-amino-alcohol motifs (C(OH)–C–C–N with tert-alkyl or cyclic N) is 1. The van der Waals surface area contributed by atoms with Gasteiger partial charge in [0, 0.05) is 30.8 Å². The maximum absolute atomic E-state index is 11.9. The molecule has 0 bridgehead atoms. The number of aromatic nitrogens is 5. The average molecular weight is 422 g/mol. The van der Waals surface area contributed by atoms with Crippen molar-refractivity contribution in [2.75, 3.05) is 13.1 Å². The van der Waals surface area contributed by atoms with Crippen LogP contribution in [0, 0.1) is 5.92 Å². The molecule has 0 spiro atoms. The number of H-pyrrole nitrogens is 1. The standard InChI is InChI=1S/C22H26N6O3/c1-2-3-17(21(29)30)18(20-25-27-28-26-20)10-14-4-9-19(24-11-14)15-5-7-16(8-6-15)22(31)12-23-13-22/h4-9,11,17-18,23,31H,2-3,10,12-13H2,1H3,(H,29,30)(H,25,26,27,28)/t17-,18-/m0/s1. The number of carbonyl (C=O) groups is 1. The van der Waals surface area contributed by atoms with Crippen LogP contribution in [0.5, 0.6) is 0 Å². The predicted molar refractivity (Wildman–Crippen MR) is 113 cm³/mol. The van der Waals surface area contributed by atoms with Gasteiger partial charge in [-0.1, -0.05) is 48.9 Å². The molecule has 9 heteroatoms. The Hall–Kier alpha value is -3.17. The molecule has 1 aliphatic heterocycles. The lowest BCUT2D eigenvalue weighted by Crippen LogP contribution is -2.56. The van der Waals surface area contributed by atoms with Crippen LogP contribution in [0.3, 0.4) is 0 Å². The highest BCUT2D eigenvalue weighted by molar-refractivity contribution is 5.71. The molecule has 4 N–H and O–H groups in total. The molecule has 2 atom stereocenters. The minimum absolute atomic E-state index is 0.389. The second kappa shape index (κ2) is 8.91. The van der Waals surface area contributed by atoms with Crippen molar-refractivity contribution in [1.29, 1.82) is 0 Å². The first-order valence-electron chi connectivity index (χ1n) is 10.5. The fraction of sp³-hybridized carbons (Fsp3) is 0.409. The zero-order valence-electron chi connectivity index (χ0n) is 17.3. The minimum atomic E-state index is -0.857. The summed E-state index contributed by atoms with van der Waals surface area (Å²) in [5, 5.41) is 37.4. The van der Waals surface area contributed by atoms with E-state index in [1.54, 1.807) is 6.20 Å². The molecule has 9 nitrogen and oxygen atoms in total. The van der Waals surface area contributed by atoms with E-state index in [-0.39, 0.29) is 5.92 Å². The van der Waals surface area contributed by atoms with Gasteiger partial charge in [-0.05, 0) is 30.0 Å². The highest BCUT2D eigenvalue weighted by Gasteiger charge is 2.36. The summed E-state index contributed by atoms with van der Waals surface area (Å²) < 4.78 is 0. The van der Waals surface area contributed by atoms with Crippen LogP contribution in [-0.4, -0.2) is 54.9 Å². The van der Waals surface area contributed by atoms with Crippen LogP contribution in [0.4, 0.5) is 0 Å². The zero-order valence-corrected chi connectivity index (χ0v) is 17.3. The summed E-state index contributed by atoms with van der Waals surface area (Å²) >= 11 is 0. The zero-order chi connectivity index (χ0) is 21.8. The molecule has 0 radical (unpaired) electrons. The Balaban J connectivity index is 1.52. The minimum Gasteiger partial charge on any atom is -0.481 e. The molecule has 0 unspecified atom stereocenters. The smallest absolute Gasteiger partial charge is 0.307 e. The summed E-state index contributed by atoms with van der Waals surface area (Å²) in [5.74, 6) is -1.44. The second-order valence-corrected chi connectivity index (χ2v) is 8.08. The lowest BCUT2D eigenvalue weighted by molar-refractivity contribution is -0.143. The van der Waals surface area contributed by atoms with E-state index in [0.717, 1.165) is 28.8 Å². The summed E-state index contributed by atoms with van der Waals surface area (Å²) in [6.07, 6.45) is 3.52. The molecule has 3 aromatic rings. The SMILES string of the molecule is CCC[C@H](C(=O)O)[C@H](Cc1ccc(-c2ccc(C3(O)CNC3)cc2)nc1)c1nn[nH]n1. The number of tetrazole rings is 1. The molecule has 4 rings (SSSR count). The number of hydrogen-bond donors (Lipinski definition) is 4. The third kappa shape index (κ3) is 4.47. The summed E-state index contributed by atoms with van der Waals surface area (Å²) in [6.45, 7) is 3.09. The number of carboxylic acid groups (broad SMARTS) is 1. The largest absolute Gasteiger partial charge is 0.481 e. The number of nitrogens with zero attached hydrogens (tertiary/aromatic N) is 4. The van der Waals surface area contributed by atoms with Gasteiger partial charge in [0.05, 0.1) is 11.6 Å². The second-order valence-electron chi connectivity index (χ2n) is 8.08. The molecule has 1 saturated heterocycles. The molecule has 31 heavy (non-hydrogen) atoms. The molecule has 1 aliphatic rings. The van der Waals surface area contributed by atoms with Crippen LogP contribution < -0.4 is 5.32 Å². The van der Waals surface area contributed by atoms with Crippen molar-refractivity contribution in [2.45, 2.75) is 37.7 Å². The molecular formula is C22H26N6O3. The molecule has 0 saturated carbocycles. The third-order valence-corrected chi connectivity index (χ3v) is 5.93. The molecule has 1 aromatic carbocycles. The van der Waals surface area contributed by atoms with Crippen molar-refractivity contribution in [3.8, 4) is 11.3 Å². The Bertz CT molecular complexity index is 1000. The Kier molecular flexibility index (Phi) is 6.06. The molecular weight excluding hydrogens is 396 g/mol. The molecule has 3 heterocycles.